The Balaban J connectivity index is 2.37. The molecule has 24 heavy (non-hydrogen) atoms. The van der Waals surface area contributed by atoms with E-state index in [-0.39, 0.29) is 6.04 Å². The Morgan fingerprint density at radius 2 is 1.42 bits per heavy atom. The molecule has 2 aromatic carbocycles. The summed E-state index contributed by atoms with van der Waals surface area (Å²) in [5.74, 6) is 0.583. The van der Waals surface area contributed by atoms with Crippen LogP contribution in [0.3, 0.4) is 0 Å². The van der Waals surface area contributed by atoms with E-state index in [0.29, 0.717) is 5.92 Å². The second-order valence-corrected chi connectivity index (χ2v) is 9.39. The van der Waals surface area contributed by atoms with Gasteiger partial charge in [-0.1, -0.05) is 70.0 Å². The van der Waals surface area contributed by atoms with Gasteiger partial charge in [-0.2, -0.15) is 0 Å². The van der Waals surface area contributed by atoms with E-state index >= 15 is 0 Å². The second-order valence-electron chi connectivity index (χ2n) is 6.88. The topological polar surface area (TPSA) is 29.1 Å². The van der Waals surface area contributed by atoms with Crippen LogP contribution in [0.25, 0.3) is 0 Å². The molecule has 2 aromatic rings. The van der Waals surface area contributed by atoms with E-state index in [0.717, 1.165) is 36.3 Å². The Morgan fingerprint density at radius 3 is 1.83 bits per heavy atom. The maximum atomic E-state index is 14.1. The number of hydrogen-bond acceptors (Lipinski definition) is 1. The summed E-state index contributed by atoms with van der Waals surface area (Å²) in [5.41, 5.74) is 0. The summed E-state index contributed by atoms with van der Waals surface area (Å²) in [4.78, 5) is 0. The van der Waals surface area contributed by atoms with Crippen LogP contribution in [0.2, 0.25) is 0 Å². The van der Waals surface area contributed by atoms with Crippen LogP contribution in [0.5, 0.6) is 0 Å². The first-order valence-electron chi connectivity index (χ1n) is 9.05. The first-order chi connectivity index (χ1) is 11.6. The van der Waals surface area contributed by atoms with Gasteiger partial charge >= 0.3 is 0 Å². The standard InChI is InChI=1S/C21H30NOP/c1-4-5-12-19(17-18(2)3)22-24(23,20-13-8-6-9-14-20)21-15-10-7-11-16-21/h6-11,13-16,18-19H,4-5,12,17H2,1-3H3,(H,22,23)/t19-/m0/s1. The number of unbranched alkanes of at least 4 members (excludes halogenated alkanes) is 1. The van der Waals surface area contributed by atoms with E-state index < -0.39 is 7.29 Å². The number of nitrogens with one attached hydrogen (secondary N) is 1. The summed E-state index contributed by atoms with van der Waals surface area (Å²) >= 11 is 0. The molecule has 1 atom stereocenters. The van der Waals surface area contributed by atoms with Crippen LogP contribution in [-0.2, 0) is 4.57 Å². The van der Waals surface area contributed by atoms with Crippen molar-refractivity contribution in [3.63, 3.8) is 0 Å². The Labute approximate surface area is 147 Å². The highest BCUT2D eigenvalue weighted by Crippen LogP contribution is 2.40. The molecule has 0 aliphatic rings. The smallest absolute Gasteiger partial charge is 0.204 e. The average molecular weight is 343 g/mol. The van der Waals surface area contributed by atoms with Gasteiger partial charge < -0.3 is 0 Å². The van der Waals surface area contributed by atoms with Crippen molar-refractivity contribution in [1.29, 1.82) is 0 Å². The molecule has 0 heterocycles. The quantitative estimate of drug-likeness (QED) is 0.641. The summed E-state index contributed by atoms with van der Waals surface area (Å²) in [7, 11) is -2.83. The molecule has 0 unspecified atom stereocenters. The van der Waals surface area contributed by atoms with Gasteiger partial charge in [-0.05, 0) is 43.0 Å². The van der Waals surface area contributed by atoms with Crippen molar-refractivity contribution in [2.45, 2.75) is 52.5 Å². The van der Waals surface area contributed by atoms with E-state index in [2.05, 4.69) is 25.9 Å². The fraction of sp³-hybridized carbons (Fsp3) is 0.429. The molecule has 0 saturated heterocycles. The highest BCUT2D eigenvalue weighted by Gasteiger charge is 2.29. The zero-order chi connectivity index (χ0) is 17.4. The summed E-state index contributed by atoms with van der Waals surface area (Å²) in [6.07, 6.45) is 4.44. The van der Waals surface area contributed by atoms with Gasteiger partial charge in [0.05, 0.1) is 0 Å². The van der Waals surface area contributed by atoms with Gasteiger partial charge in [-0.3, -0.25) is 9.65 Å². The maximum Gasteiger partial charge on any atom is 0.204 e. The molecular formula is C21H30NOP. The average Bonchev–Trinajstić information content (AvgIpc) is 2.60. The van der Waals surface area contributed by atoms with Gasteiger partial charge in [-0.15, -0.1) is 0 Å². The number of rotatable bonds is 9. The van der Waals surface area contributed by atoms with E-state index in [1.807, 2.05) is 60.7 Å². The van der Waals surface area contributed by atoms with Crippen molar-refractivity contribution in [1.82, 2.24) is 5.09 Å². The predicted molar refractivity (Wildman–Crippen MR) is 106 cm³/mol. The third kappa shape index (κ3) is 5.06. The highest BCUT2D eigenvalue weighted by molar-refractivity contribution is 7.76. The third-order valence-electron chi connectivity index (χ3n) is 4.27. The molecular weight excluding hydrogens is 313 g/mol. The van der Waals surface area contributed by atoms with Crippen LogP contribution in [0.4, 0.5) is 0 Å². The zero-order valence-electron chi connectivity index (χ0n) is 15.1. The first kappa shape index (κ1) is 19.0. The normalized spacial score (nSPS) is 13.2. The first-order valence-corrected chi connectivity index (χ1v) is 10.8. The van der Waals surface area contributed by atoms with Gasteiger partial charge in [0, 0.05) is 16.7 Å². The van der Waals surface area contributed by atoms with Crippen molar-refractivity contribution >= 4 is 17.9 Å². The monoisotopic (exact) mass is 343 g/mol. The molecule has 3 heteroatoms. The third-order valence-corrected chi connectivity index (χ3v) is 7.05. The van der Waals surface area contributed by atoms with Crippen LogP contribution in [0, 0.1) is 5.92 Å². The van der Waals surface area contributed by atoms with Gasteiger partial charge in [0.1, 0.15) is 0 Å². The fourth-order valence-electron chi connectivity index (χ4n) is 3.09. The molecule has 2 rings (SSSR count). The predicted octanol–water partition coefficient (Wildman–Crippen LogP) is 5.11. The van der Waals surface area contributed by atoms with Crippen molar-refractivity contribution in [2.24, 2.45) is 5.92 Å². The van der Waals surface area contributed by atoms with Crippen LogP contribution < -0.4 is 15.7 Å². The summed E-state index contributed by atoms with van der Waals surface area (Å²) in [6, 6.07) is 20.0. The van der Waals surface area contributed by atoms with Crippen LogP contribution in [0.15, 0.2) is 60.7 Å². The Hall–Kier alpha value is -1.37. The van der Waals surface area contributed by atoms with Crippen molar-refractivity contribution in [2.75, 3.05) is 0 Å². The molecule has 0 saturated carbocycles. The minimum absolute atomic E-state index is 0.274. The lowest BCUT2D eigenvalue weighted by Crippen LogP contribution is -2.36. The Morgan fingerprint density at radius 1 is 0.917 bits per heavy atom. The lowest BCUT2D eigenvalue weighted by molar-refractivity contribution is 0.432. The van der Waals surface area contributed by atoms with Crippen molar-refractivity contribution < 1.29 is 4.57 Å². The maximum absolute atomic E-state index is 14.1. The Kier molecular flexibility index (Phi) is 7.27. The lowest BCUT2D eigenvalue weighted by atomic mass is 10.0. The van der Waals surface area contributed by atoms with E-state index in [1.165, 1.54) is 0 Å². The van der Waals surface area contributed by atoms with Crippen molar-refractivity contribution in [3.8, 4) is 0 Å². The van der Waals surface area contributed by atoms with E-state index in [9.17, 15) is 4.57 Å². The minimum Gasteiger partial charge on any atom is -0.297 e. The van der Waals surface area contributed by atoms with Crippen LogP contribution >= 0.6 is 7.29 Å². The Bertz CT molecular complexity index is 596. The van der Waals surface area contributed by atoms with E-state index in [1.54, 1.807) is 0 Å². The van der Waals surface area contributed by atoms with Gasteiger partial charge in [0.25, 0.3) is 0 Å². The SMILES string of the molecule is CCCC[C@@H](CC(C)C)NP(=O)(c1ccccc1)c1ccccc1. The largest absolute Gasteiger partial charge is 0.297 e. The van der Waals surface area contributed by atoms with Gasteiger partial charge in [0.15, 0.2) is 0 Å². The minimum atomic E-state index is -2.83. The number of benzene rings is 2. The molecule has 0 aliphatic heterocycles. The molecule has 0 aromatic heterocycles. The van der Waals surface area contributed by atoms with E-state index in [4.69, 9.17) is 0 Å². The van der Waals surface area contributed by atoms with Crippen LogP contribution in [0.1, 0.15) is 46.5 Å². The molecule has 0 fully saturated rings. The zero-order valence-corrected chi connectivity index (χ0v) is 16.0. The van der Waals surface area contributed by atoms with Gasteiger partial charge in [0.2, 0.25) is 7.29 Å². The summed E-state index contributed by atoms with van der Waals surface area (Å²) < 4.78 is 14.1. The fourth-order valence-corrected chi connectivity index (χ4v) is 5.61. The molecule has 0 aliphatic carbocycles. The molecule has 0 spiro atoms. The number of hydrogen-bond donors (Lipinski definition) is 1. The summed E-state index contributed by atoms with van der Waals surface area (Å²) in [6.45, 7) is 6.67. The second kappa shape index (κ2) is 9.20. The molecule has 0 radical (unpaired) electrons. The molecule has 130 valence electrons. The molecule has 1 N–H and O–H groups in total. The molecule has 0 bridgehead atoms. The summed E-state index contributed by atoms with van der Waals surface area (Å²) in [5, 5.41) is 5.37. The lowest BCUT2D eigenvalue weighted by Gasteiger charge is -2.28. The van der Waals surface area contributed by atoms with Crippen molar-refractivity contribution in [3.05, 3.63) is 60.7 Å². The highest BCUT2D eigenvalue weighted by atomic mass is 31.2. The van der Waals surface area contributed by atoms with Gasteiger partial charge in [-0.25, -0.2) is 0 Å². The van der Waals surface area contributed by atoms with Crippen LogP contribution in [-0.4, -0.2) is 6.04 Å². The molecule has 0 amide bonds. The molecule has 2 nitrogen and oxygen atoms in total.